The predicted octanol–water partition coefficient (Wildman–Crippen LogP) is 2.84. The van der Waals surface area contributed by atoms with Crippen LogP contribution in [-0.2, 0) is 11.2 Å². The molecule has 1 aromatic heterocycles. The maximum absolute atomic E-state index is 12.1. The van der Waals surface area contributed by atoms with Crippen LogP contribution in [0.5, 0.6) is 0 Å². The number of nitrogens with zero attached hydrogens (tertiary/aromatic N) is 3. The Kier molecular flexibility index (Phi) is 3.98. The molecular weight excluding hydrogens is 278 g/mol. The average molecular weight is 303 g/mol. The predicted molar refractivity (Wildman–Crippen MR) is 86.1 cm³/mol. The van der Waals surface area contributed by atoms with Crippen molar-refractivity contribution in [3.05, 3.63) is 23.9 Å². The Bertz CT molecular complexity index is 545. The number of aromatic nitrogens is 1. The molecule has 0 saturated carbocycles. The van der Waals surface area contributed by atoms with Crippen molar-refractivity contribution in [1.29, 1.82) is 0 Å². The Hall–Kier alpha value is -1.78. The van der Waals surface area contributed by atoms with E-state index in [2.05, 4.69) is 16.0 Å². The fourth-order valence-electron chi connectivity index (χ4n) is 3.27. The maximum Gasteiger partial charge on any atom is 0.410 e. The third-order valence-corrected chi connectivity index (χ3v) is 4.32. The van der Waals surface area contributed by atoms with Gasteiger partial charge in [-0.2, -0.15) is 0 Å². The quantitative estimate of drug-likeness (QED) is 0.800. The number of carbonyl (C=O) groups is 1. The van der Waals surface area contributed by atoms with E-state index in [1.807, 2.05) is 37.9 Å². The van der Waals surface area contributed by atoms with Crippen molar-refractivity contribution in [3.8, 4) is 0 Å². The van der Waals surface area contributed by atoms with Gasteiger partial charge in [-0.25, -0.2) is 9.78 Å². The van der Waals surface area contributed by atoms with Gasteiger partial charge in [0.25, 0.3) is 0 Å². The Morgan fingerprint density at radius 1 is 1.27 bits per heavy atom. The molecule has 0 atom stereocenters. The minimum absolute atomic E-state index is 0.189. The van der Waals surface area contributed by atoms with E-state index in [-0.39, 0.29) is 6.09 Å². The Morgan fingerprint density at radius 3 is 2.68 bits per heavy atom. The summed E-state index contributed by atoms with van der Waals surface area (Å²) in [7, 11) is 0. The van der Waals surface area contributed by atoms with E-state index in [9.17, 15) is 4.79 Å². The van der Waals surface area contributed by atoms with Crippen molar-refractivity contribution in [3.63, 3.8) is 0 Å². The molecule has 120 valence electrons. The number of likely N-dealkylation sites (tertiary alicyclic amines) is 1. The van der Waals surface area contributed by atoms with Crippen molar-refractivity contribution in [2.45, 2.75) is 51.7 Å². The second-order valence-electron chi connectivity index (χ2n) is 7.13. The molecule has 0 aromatic carbocycles. The largest absolute Gasteiger partial charge is 0.444 e. The van der Waals surface area contributed by atoms with Gasteiger partial charge in [0.15, 0.2) is 0 Å². The summed E-state index contributed by atoms with van der Waals surface area (Å²) in [6, 6.07) is 4.65. The summed E-state index contributed by atoms with van der Waals surface area (Å²) in [5, 5.41) is 0. The molecule has 2 aliphatic rings. The van der Waals surface area contributed by atoms with Crippen LogP contribution >= 0.6 is 0 Å². The van der Waals surface area contributed by atoms with Crippen molar-refractivity contribution < 1.29 is 9.53 Å². The lowest BCUT2D eigenvalue weighted by Crippen LogP contribution is -2.47. The first-order chi connectivity index (χ1) is 10.4. The number of anilines is 1. The van der Waals surface area contributed by atoms with Crippen molar-refractivity contribution >= 4 is 11.9 Å². The number of rotatable bonds is 1. The Morgan fingerprint density at radius 2 is 2.00 bits per heavy atom. The first kappa shape index (κ1) is 15.1. The highest BCUT2D eigenvalue weighted by Crippen LogP contribution is 2.30. The molecule has 0 aliphatic carbocycles. The number of carbonyl (C=O) groups excluding carboxylic acids is 1. The molecule has 2 aliphatic heterocycles. The van der Waals surface area contributed by atoms with Crippen LogP contribution in [0.25, 0.3) is 0 Å². The summed E-state index contributed by atoms with van der Waals surface area (Å²) in [6.45, 7) is 8.29. The van der Waals surface area contributed by atoms with Crippen LogP contribution in [-0.4, -0.2) is 47.3 Å². The lowest BCUT2D eigenvalue weighted by atomic mass is 10.0. The van der Waals surface area contributed by atoms with Crippen LogP contribution < -0.4 is 4.90 Å². The summed E-state index contributed by atoms with van der Waals surface area (Å²) in [4.78, 5) is 20.9. The number of hydrogen-bond donors (Lipinski definition) is 0. The summed E-state index contributed by atoms with van der Waals surface area (Å²) in [6.07, 6.45) is 4.72. The third-order valence-electron chi connectivity index (χ3n) is 4.32. The molecule has 0 spiro atoms. The molecule has 22 heavy (non-hydrogen) atoms. The molecule has 1 fully saturated rings. The molecule has 0 unspecified atom stereocenters. The molecule has 0 N–H and O–H groups in total. The van der Waals surface area contributed by atoms with Gasteiger partial charge in [0.2, 0.25) is 0 Å². The summed E-state index contributed by atoms with van der Waals surface area (Å²) in [5.41, 5.74) is 0.920. The van der Waals surface area contributed by atoms with Gasteiger partial charge in [-0.3, -0.25) is 0 Å². The zero-order chi connectivity index (χ0) is 15.7. The highest BCUT2D eigenvalue weighted by Gasteiger charge is 2.32. The second-order valence-corrected chi connectivity index (χ2v) is 7.13. The minimum Gasteiger partial charge on any atom is -0.444 e. The average Bonchev–Trinajstić information content (AvgIpc) is 2.89. The first-order valence-electron chi connectivity index (χ1n) is 8.12. The molecule has 1 amide bonds. The van der Waals surface area contributed by atoms with Crippen LogP contribution in [0.2, 0.25) is 0 Å². The Balaban J connectivity index is 1.58. The second kappa shape index (κ2) is 5.78. The van der Waals surface area contributed by atoms with Crippen molar-refractivity contribution in [2.75, 3.05) is 24.5 Å². The molecule has 5 nitrogen and oxygen atoms in total. The molecule has 0 bridgehead atoms. The number of ether oxygens (including phenoxy) is 1. The van der Waals surface area contributed by atoms with E-state index in [4.69, 9.17) is 4.74 Å². The summed E-state index contributed by atoms with van der Waals surface area (Å²) >= 11 is 0. The van der Waals surface area contributed by atoms with Crippen LogP contribution in [0.4, 0.5) is 10.6 Å². The number of amides is 1. The zero-order valence-electron chi connectivity index (χ0n) is 13.7. The fourth-order valence-corrected chi connectivity index (χ4v) is 3.27. The van der Waals surface area contributed by atoms with Gasteiger partial charge < -0.3 is 14.5 Å². The van der Waals surface area contributed by atoms with Crippen LogP contribution in [0.3, 0.4) is 0 Å². The van der Waals surface area contributed by atoms with Crippen molar-refractivity contribution in [1.82, 2.24) is 9.88 Å². The zero-order valence-corrected chi connectivity index (χ0v) is 13.7. The summed E-state index contributed by atoms with van der Waals surface area (Å²) < 4.78 is 5.46. The van der Waals surface area contributed by atoms with E-state index in [0.29, 0.717) is 6.04 Å². The lowest BCUT2D eigenvalue weighted by Gasteiger charge is -2.38. The van der Waals surface area contributed by atoms with Gasteiger partial charge in [0.1, 0.15) is 11.4 Å². The van der Waals surface area contributed by atoms with Crippen LogP contribution in [0.1, 0.15) is 39.2 Å². The van der Waals surface area contributed by atoms with Crippen molar-refractivity contribution in [2.24, 2.45) is 0 Å². The molecule has 1 saturated heterocycles. The minimum atomic E-state index is -0.425. The first-order valence-corrected chi connectivity index (χ1v) is 8.12. The smallest absolute Gasteiger partial charge is 0.410 e. The maximum atomic E-state index is 12.1. The number of piperidine rings is 1. The molecular formula is C17H25N3O2. The van der Waals surface area contributed by atoms with Crippen LogP contribution in [0, 0.1) is 0 Å². The third kappa shape index (κ3) is 3.18. The molecule has 3 rings (SSSR count). The number of hydrogen-bond acceptors (Lipinski definition) is 4. The fraction of sp³-hybridized carbons (Fsp3) is 0.647. The number of fused-ring (bicyclic) bond motifs is 1. The van der Waals surface area contributed by atoms with E-state index in [1.165, 1.54) is 5.56 Å². The van der Waals surface area contributed by atoms with E-state index < -0.39 is 5.60 Å². The Labute approximate surface area is 132 Å². The van der Waals surface area contributed by atoms with E-state index in [0.717, 1.165) is 44.7 Å². The SMILES string of the molecule is CC(C)(C)OC(=O)N1CCC(N2CCc3cccnc32)CC1. The van der Waals surface area contributed by atoms with Crippen LogP contribution in [0.15, 0.2) is 18.3 Å². The standard InChI is InChI=1S/C17H25N3O2/c1-17(2,3)22-16(21)19-10-7-14(8-11-19)20-12-6-13-5-4-9-18-15(13)20/h4-5,9,14H,6-8,10-12H2,1-3H3. The van der Waals surface area contributed by atoms with E-state index in [1.54, 1.807) is 0 Å². The van der Waals surface area contributed by atoms with Gasteiger partial charge in [-0.05, 0) is 51.7 Å². The molecule has 3 heterocycles. The van der Waals surface area contributed by atoms with Gasteiger partial charge in [-0.15, -0.1) is 0 Å². The molecule has 1 aromatic rings. The summed E-state index contributed by atoms with van der Waals surface area (Å²) in [5.74, 6) is 1.14. The normalized spacial score (nSPS) is 19.2. The molecule has 5 heteroatoms. The highest BCUT2D eigenvalue weighted by atomic mass is 16.6. The lowest BCUT2D eigenvalue weighted by molar-refractivity contribution is 0.0205. The monoisotopic (exact) mass is 303 g/mol. The number of pyridine rings is 1. The highest BCUT2D eigenvalue weighted by molar-refractivity contribution is 5.68. The van der Waals surface area contributed by atoms with Gasteiger partial charge in [0.05, 0.1) is 0 Å². The molecule has 0 radical (unpaired) electrons. The van der Waals surface area contributed by atoms with Gasteiger partial charge >= 0.3 is 6.09 Å². The van der Waals surface area contributed by atoms with Gasteiger partial charge in [-0.1, -0.05) is 6.07 Å². The topological polar surface area (TPSA) is 45.7 Å². The van der Waals surface area contributed by atoms with E-state index >= 15 is 0 Å². The van der Waals surface area contributed by atoms with Gasteiger partial charge in [0, 0.05) is 31.9 Å².